The van der Waals surface area contributed by atoms with Crippen LogP contribution in [-0.4, -0.2) is 25.0 Å². The molecule has 6 heteroatoms. The first-order valence-electron chi connectivity index (χ1n) is 7.44. The molecule has 2 aromatic heterocycles. The van der Waals surface area contributed by atoms with Crippen LogP contribution in [-0.2, 0) is 19.4 Å². The van der Waals surface area contributed by atoms with Crippen LogP contribution in [0.3, 0.4) is 0 Å². The minimum Gasteiger partial charge on any atom is -0.366 e. The van der Waals surface area contributed by atoms with Gasteiger partial charge in [-0.2, -0.15) is 9.67 Å². The van der Waals surface area contributed by atoms with Crippen molar-refractivity contribution < 1.29 is 0 Å². The minimum absolute atomic E-state index is 0.578. The van der Waals surface area contributed by atoms with Gasteiger partial charge in [-0.15, -0.1) is 5.10 Å². The Labute approximate surface area is 128 Å². The monoisotopic (exact) mass is 292 g/mol. The average molecular weight is 292 g/mol. The molecule has 0 saturated heterocycles. The van der Waals surface area contributed by atoms with Gasteiger partial charge in [-0.25, -0.2) is 4.98 Å². The molecule has 0 radical (unpaired) electrons. The Bertz CT molecular complexity index is 767. The van der Waals surface area contributed by atoms with Crippen LogP contribution in [0.2, 0.25) is 0 Å². The first-order chi connectivity index (χ1) is 10.9. The Hall–Kier alpha value is -2.76. The number of nitrogens with one attached hydrogen (secondary N) is 1. The molecule has 4 rings (SSSR count). The zero-order valence-electron chi connectivity index (χ0n) is 12.1. The van der Waals surface area contributed by atoms with Crippen LogP contribution in [0, 0.1) is 0 Å². The van der Waals surface area contributed by atoms with Crippen LogP contribution in [0.15, 0.2) is 42.7 Å². The lowest BCUT2D eigenvalue weighted by Gasteiger charge is -2.12. The maximum Gasteiger partial charge on any atom is 0.254 e. The SMILES string of the molecule is c1ccc(CNc2nc(-n3ccnn3)nc3c2CCC3)cc1. The molecule has 0 aliphatic heterocycles. The van der Waals surface area contributed by atoms with Gasteiger partial charge in [0.25, 0.3) is 5.95 Å². The van der Waals surface area contributed by atoms with Crippen molar-refractivity contribution in [3.8, 4) is 5.95 Å². The topological polar surface area (TPSA) is 68.5 Å². The number of nitrogens with zero attached hydrogens (tertiary/aromatic N) is 5. The van der Waals surface area contributed by atoms with E-state index < -0.39 is 0 Å². The Morgan fingerprint density at radius 2 is 2.00 bits per heavy atom. The van der Waals surface area contributed by atoms with Crippen LogP contribution < -0.4 is 5.32 Å². The van der Waals surface area contributed by atoms with Crippen molar-refractivity contribution in [1.29, 1.82) is 0 Å². The van der Waals surface area contributed by atoms with Gasteiger partial charge >= 0.3 is 0 Å². The van der Waals surface area contributed by atoms with E-state index in [1.807, 2.05) is 18.2 Å². The van der Waals surface area contributed by atoms with Gasteiger partial charge in [0.2, 0.25) is 0 Å². The van der Waals surface area contributed by atoms with Crippen LogP contribution in [0.1, 0.15) is 23.2 Å². The fourth-order valence-corrected chi connectivity index (χ4v) is 2.76. The lowest BCUT2D eigenvalue weighted by atomic mass is 10.2. The predicted octanol–water partition coefficient (Wildman–Crippen LogP) is 2.16. The van der Waals surface area contributed by atoms with Crippen molar-refractivity contribution >= 4 is 5.82 Å². The average Bonchev–Trinajstić information content (AvgIpc) is 3.24. The minimum atomic E-state index is 0.578. The summed E-state index contributed by atoms with van der Waals surface area (Å²) in [4.78, 5) is 9.26. The molecule has 0 unspecified atom stereocenters. The summed E-state index contributed by atoms with van der Waals surface area (Å²) in [6.07, 6.45) is 6.56. The Kier molecular flexibility index (Phi) is 3.27. The smallest absolute Gasteiger partial charge is 0.254 e. The quantitative estimate of drug-likeness (QED) is 0.798. The standard InChI is InChI=1S/C16H16N6/c1-2-5-12(6-3-1)11-17-15-13-7-4-8-14(13)19-16(20-15)22-10-9-18-21-22/h1-3,5-6,9-10H,4,7-8,11H2,(H,17,19,20). The number of anilines is 1. The Morgan fingerprint density at radius 1 is 1.09 bits per heavy atom. The van der Waals surface area contributed by atoms with Gasteiger partial charge in [0.15, 0.2) is 0 Å². The summed E-state index contributed by atoms with van der Waals surface area (Å²) in [5, 5.41) is 11.3. The fourth-order valence-electron chi connectivity index (χ4n) is 2.76. The van der Waals surface area contributed by atoms with E-state index in [9.17, 15) is 0 Å². The first-order valence-corrected chi connectivity index (χ1v) is 7.44. The van der Waals surface area contributed by atoms with Crippen molar-refractivity contribution in [2.75, 3.05) is 5.32 Å². The zero-order valence-corrected chi connectivity index (χ0v) is 12.1. The Morgan fingerprint density at radius 3 is 2.82 bits per heavy atom. The highest BCUT2D eigenvalue weighted by Gasteiger charge is 2.20. The molecular formula is C16H16N6. The number of benzene rings is 1. The highest BCUT2D eigenvalue weighted by molar-refractivity contribution is 5.50. The molecule has 22 heavy (non-hydrogen) atoms. The van der Waals surface area contributed by atoms with Crippen LogP contribution in [0.5, 0.6) is 0 Å². The molecule has 0 amide bonds. The number of rotatable bonds is 4. The van der Waals surface area contributed by atoms with E-state index in [2.05, 4.69) is 37.7 Å². The molecule has 0 spiro atoms. The van der Waals surface area contributed by atoms with E-state index in [-0.39, 0.29) is 0 Å². The molecular weight excluding hydrogens is 276 g/mol. The van der Waals surface area contributed by atoms with Crippen molar-refractivity contribution in [3.63, 3.8) is 0 Å². The molecule has 0 fully saturated rings. The zero-order chi connectivity index (χ0) is 14.8. The molecule has 0 atom stereocenters. The lowest BCUT2D eigenvalue weighted by Crippen LogP contribution is -2.11. The molecule has 3 aromatic rings. The first kappa shape index (κ1) is 12.9. The second-order valence-electron chi connectivity index (χ2n) is 5.34. The summed E-state index contributed by atoms with van der Waals surface area (Å²) in [7, 11) is 0. The largest absolute Gasteiger partial charge is 0.366 e. The van der Waals surface area contributed by atoms with Crippen molar-refractivity contribution in [2.45, 2.75) is 25.8 Å². The van der Waals surface area contributed by atoms with Gasteiger partial charge in [0.05, 0.1) is 18.1 Å². The van der Waals surface area contributed by atoms with Crippen LogP contribution >= 0.6 is 0 Å². The summed E-state index contributed by atoms with van der Waals surface area (Å²) >= 11 is 0. The highest BCUT2D eigenvalue weighted by atomic mass is 15.5. The van der Waals surface area contributed by atoms with Crippen molar-refractivity contribution in [3.05, 3.63) is 59.5 Å². The molecule has 1 aliphatic carbocycles. The number of hydrogen-bond donors (Lipinski definition) is 1. The summed E-state index contributed by atoms with van der Waals surface area (Å²) in [6, 6.07) is 10.3. The van der Waals surface area contributed by atoms with Crippen LogP contribution in [0.4, 0.5) is 5.82 Å². The molecule has 1 aromatic carbocycles. The van der Waals surface area contributed by atoms with E-state index in [1.165, 1.54) is 11.1 Å². The third-order valence-electron chi connectivity index (χ3n) is 3.85. The third-order valence-corrected chi connectivity index (χ3v) is 3.85. The number of aromatic nitrogens is 5. The van der Waals surface area contributed by atoms with Gasteiger partial charge in [-0.05, 0) is 24.8 Å². The van der Waals surface area contributed by atoms with Crippen LogP contribution in [0.25, 0.3) is 5.95 Å². The Balaban J connectivity index is 1.66. The second-order valence-corrected chi connectivity index (χ2v) is 5.34. The lowest BCUT2D eigenvalue weighted by molar-refractivity contribution is 0.747. The molecule has 6 nitrogen and oxygen atoms in total. The number of hydrogen-bond acceptors (Lipinski definition) is 5. The van der Waals surface area contributed by atoms with Gasteiger partial charge in [-0.3, -0.25) is 0 Å². The highest BCUT2D eigenvalue weighted by Crippen LogP contribution is 2.27. The van der Waals surface area contributed by atoms with Crippen molar-refractivity contribution in [2.24, 2.45) is 0 Å². The van der Waals surface area contributed by atoms with E-state index in [4.69, 9.17) is 0 Å². The maximum atomic E-state index is 4.64. The van der Waals surface area contributed by atoms with E-state index in [1.54, 1.807) is 17.1 Å². The van der Waals surface area contributed by atoms with Gasteiger partial charge < -0.3 is 5.32 Å². The molecule has 1 N–H and O–H groups in total. The van der Waals surface area contributed by atoms with E-state index in [0.717, 1.165) is 37.3 Å². The van der Waals surface area contributed by atoms with Gasteiger partial charge in [0, 0.05) is 12.1 Å². The third kappa shape index (κ3) is 2.43. The molecule has 2 heterocycles. The summed E-state index contributed by atoms with van der Waals surface area (Å²) in [6.45, 7) is 0.751. The molecule has 0 bridgehead atoms. The fraction of sp³-hybridized carbons (Fsp3) is 0.250. The normalized spacial score (nSPS) is 13.1. The summed E-state index contributed by atoms with van der Waals surface area (Å²) in [5.41, 5.74) is 3.59. The molecule has 110 valence electrons. The number of fused-ring (bicyclic) bond motifs is 1. The summed E-state index contributed by atoms with van der Waals surface area (Å²) in [5.74, 6) is 1.49. The number of aryl methyl sites for hydroxylation is 1. The van der Waals surface area contributed by atoms with E-state index >= 15 is 0 Å². The second kappa shape index (κ2) is 5.55. The molecule has 1 aliphatic rings. The van der Waals surface area contributed by atoms with E-state index in [0.29, 0.717) is 5.95 Å². The van der Waals surface area contributed by atoms with Gasteiger partial charge in [0.1, 0.15) is 5.82 Å². The predicted molar refractivity (Wildman–Crippen MR) is 82.7 cm³/mol. The van der Waals surface area contributed by atoms with Gasteiger partial charge in [-0.1, -0.05) is 35.5 Å². The van der Waals surface area contributed by atoms with Crippen molar-refractivity contribution in [1.82, 2.24) is 25.0 Å². The maximum absolute atomic E-state index is 4.64. The molecule has 0 saturated carbocycles. The summed E-state index contributed by atoms with van der Waals surface area (Å²) < 4.78 is 1.60.